The summed E-state index contributed by atoms with van der Waals surface area (Å²) in [7, 11) is 0. The Morgan fingerprint density at radius 1 is 0.864 bits per heavy atom. The summed E-state index contributed by atoms with van der Waals surface area (Å²) in [6, 6.07) is 19.4. The van der Waals surface area contributed by atoms with Crippen molar-refractivity contribution in [2.45, 2.75) is 0 Å². The lowest BCUT2D eigenvalue weighted by Crippen LogP contribution is -2.08. The number of benzene rings is 2. The fraction of sp³-hybridized carbons (Fsp3) is 0. The third kappa shape index (κ3) is 2.67. The van der Waals surface area contributed by atoms with Gasteiger partial charge < -0.3 is 10.1 Å². The third-order valence-electron chi connectivity index (χ3n) is 3.40. The molecule has 0 aliphatic rings. The van der Waals surface area contributed by atoms with Crippen LogP contribution in [0.2, 0.25) is 0 Å². The SMILES string of the molecule is O=C(O)c1ccccc1-c1cc(-c2ccccc2)cc(=O)[nH]1. The molecular weight excluding hydrogens is 278 g/mol. The Morgan fingerprint density at radius 2 is 1.55 bits per heavy atom. The van der Waals surface area contributed by atoms with E-state index in [9.17, 15) is 14.7 Å². The molecule has 3 aromatic rings. The van der Waals surface area contributed by atoms with Gasteiger partial charge in [0.1, 0.15) is 0 Å². The summed E-state index contributed by atoms with van der Waals surface area (Å²) >= 11 is 0. The van der Waals surface area contributed by atoms with E-state index in [2.05, 4.69) is 4.98 Å². The van der Waals surface area contributed by atoms with E-state index in [1.54, 1.807) is 24.3 Å². The molecule has 0 atom stereocenters. The number of aromatic amines is 1. The zero-order valence-corrected chi connectivity index (χ0v) is 11.6. The van der Waals surface area contributed by atoms with E-state index < -0.39 is 5.97 Å². The highest BCUT2D eigenvalue weighted by molar-refractivity contribution is 5.95. The smallest absolute Gasteiger partial charge is 0.336 e. The van der Waals surface area contributed by atoms with Gasteiger partial charge in [-0.25, -0.2) is 4.79 Å². The van der Waals surface area contributed by atoms with Gasteiger partial charge in [0.25, 0.3) is 0 Å². The number of pyridine rings is 1. The van der Waals surface area contributed by atoms with E-state index in [0.717, 1.165) is 11.1 Å². The lowest BCUT2D eigenvalue weighted by Gasteiger charge is -2.08. The monoisotopic (exact) mass is 291 g/mol. The van der Waals surface area contributed by atoms with Crippen LogP contribution < -0.4 is 5.56 Å². The van der Waals surface area contributed by atoms with Crippen molar-refractivity contribution in [3.8, 4) is 22.4 Å². The van der Waals surface area contributed by atoms with Crippen LogP contribution in [0.25, 0.3) is 22.4 Å². The van der Waals surface area contributed by atoms with Gasteiger partial charge in [0.05, 0.1) is 5.56 Å². The number of carboxylic acids is 1. The summed E-state index contributed by atoms with van der Waals surface area (Å²) in [5.41, 5.74) is 2.52. The zero-order chi connectivity index (χ0) is 15.5. The van der Waals surface area contributed by atoms with Crippen molar-refractivity contribution >= 4 is 5.97 Å². The minimum Gasteiger partial charge on any atom is -0.478 e. The first-order valence-corrected chi connectivity index (χ1v) is 6.77. The van der Waals surface area contributed by atoms with Crippen molar-refractivity contribution in [3.05, 3.63) is 82.6 Å². The lowest BCUT2D eigenvalue weighted by molar-refractivity contribution is 0.0697. The Hall–Kier alpha value is -3.14. The highest BCUT2D eigenvalue weighted by Crippen LogP contribution is 2.25. The minimum atomic E-state index is -1.03. The maximum absolute atomic E-state index is 11.9. The van der Waals surface area contributed by atoms with E-state index in [1.807, 2.05) is 30.3 Å². The molecule has 2 aromatic carbocycles. The molecule has 1 aromatic heterocycles. The average Bonchev–Trinajstić information content (AvgIpc) is 2.55. The first kappa shape index (κ1) is 13.8. The largest absolute Gasteiger partial charge is 0.478 e. The topological polar surface area (TPSA) is 70.2 Å². The average molecular weight is 291 g/mol. The second kappa shape index (κ2) is 5.69. The maximum atomic E-state index is 11.9. The first-order valence-electron chi connectivity index (χ1n) is 6.77. The molecule has 1 heterocycles. The van der Waals surface area contributed by atoms with E-state index in [1.165, 1.54) is 12.1 Å². The lowest BCUT2D eigenvalue weighted by atomic mass is 10.0. The molecule has 4 nitrogen and oxygen atoms in total. The van der Waals surface area contributed by atoms with Gasteiger partial charge in [-0.3, -0.25) is 4.79 Å². The first-order chi connectivity index (χ1) is 10.6. The Kier molecular flexibility index (Phi) is 3.58. The number of nitrogens with one attached hydrogen (secondary N) is 1. The Morgan fingerprint density at radius 3 is 2.27 bits per heavy atom. The summed E-state index contributed by atoms with van der Waals surface area (Å²) in [4.78, 5) is 26.0. The molecule has 0 fully saturated rings. The molecule has 0 spiro atoms. The number of aromatic nitrogens is 1. The number of aromatic carboxylic acids is 1. The van der Waals surface area contributed by atoms with Crippen molar-refractivity contribution in [1.29, 1.82) is 0 Å². The quantitative estimate of drug-likeness (QED) is 0.777. The molecule has 0 aliphatic heterocycles. The molecule has 0 radical (unpaired) electrons. The molecule has 3 rings (SSSR count). The van der Waals surface area contributed by atoms with E-state index >= 15 is 0 Å². The van der Waals surface area contributed by atoms with Gasteiger partial charge in [0.15, 0.2) is 0 Å². The molecule has 4 heteroatoms. The summed E-state index contributed by atoms with van der Waals surface area (Å²) < 4.78 is 0. The molecular formula is C18H13NO3. The number of carboxylic acid groups (broad SMARTS) is 1. The van der Waals surface area contributed by atoms with Crippen LogP contribution in [0.1, 0.15) is 10.4 Å². The molecule has 0 unspecified atom stereocenters. The molecule has 22 heavy (non-hydrogen) atoms. The number of rotatable bonds is 3. The zero-order valence-electron chi connectivity index (χ0n) is 11.6. The molecule has 108 valence electrons. The van der Waals surface area contributed by atoms with Gasteiger partial charge in [-0.1, -0.05) is 48.5 Å². The molecule has 0 saturated heterocycles. The van der Waals surface area contributed by atoms with Crippen molar-refractivity contribution in [1.82, 2.24) is 4.98 Å². The second-order valence-electron chi connectivity index (χ2n) is 4.86. The molecule has 0 bridgehead atoms. The summed E-state index contributed by atoms with van der Waals surface area (Å²) in [6.45, 7) is 0. The fourth-order valence-electron chi connectivity index (χ4n) is 2.39. The van der Waals surface area contributed by atoms with E-state index in [4.69, 9.17) is 0 Å². The van der Waals surface area contributed by atoms with Crippen molar-refractivity contribution in [2.75, 3.05) is 0 Å². The van der Waals surface area contributed by atoms with Crippen LogP contribution in [0.5, 0.6) is 0 Å². The molecule has 0 aliphatic carbocycles. The summed E-state index contributed by atoms with van der Waals surface area (Å²) in [5, 5.41) is 9.29. The number of carbonyl (C=O) groups is 1. The highest BCUT2D eigenvalue weighted by Gasteiger charge is 2.12. The molecule has 0 saturated carbocycles. The van der Waals surface area contributed by atoms with Gasteiger partial charge in [0, 0.05) is 17.3 Å². The summed E-state index contributed by atoms with van der Waals surface area (Å²) in [6.07, 6.45) is 0. The fourth-order valence-corrected chi connectivity index (χ4v) is 2.39. The van der Waals surface area contributed by atoms with Crippen LogP contribution >= 0.6 is 0 Å². The Balaban J connectivity index is 2.20. The Labute approximate surface area is 126 Å². The van der Waals surface area contributed by atoms with E-state index in [0.29, 0.717) is 11.3 Å². The highest BCUT2D eigenvalue weighted by atomic mass is 16.4. The van der Waals surface area contributed by atoms with Crippen molar-refractivity contribution in [2.24, 2.45) is 0 Å². The van der Waals surface area contributed by atoms with Gasteiger partial charge in [-0.2, -0.15) is 0 Å². The third-order valence-corrected chi connectivity index (χ3v) is 3.40. The van der Waals surface area contributed by atoms with Crippen LogP contribution in [0.3, 0.4) is 0 Å². The maximum Gasteiger partial charge on any atom is 0.336 e. The normalized spacial score (nSPS) is 10.4. The predicted molar refractivity (Wildman–Crippen MR) is 84.9 cm³/mol. The van der Waals surface area contributed by atoms with Gasteiger partial charge in [0.2, 0.25) is 5.56 Å². The number of hydrogen-bond acceptors (Lipinski definition) is 2. The van der Waals surface area contributed by atoms with Crippen LogP contribution in [-0.4, -0.2) is 16.1 Å². The van der Waals surface area contributed by atoms with Crippen LogP contribution in [0.15, 0.2) is 71.5 Å². The van der Waals surface area contributed by atoms with Crippen LogP contribution in [-0.2, 0) is 0 Å². The van der Waals surface area contributed by atoms with Gasteiger partial charge in [-0.15, -0.1) is 0 Å². The van der Waals surface area contributed by atoms with Crippen molar-refractivity contribution < 1.29 is 9.90 Å². The molecule has 0 amide bonds. The van der Waals surface area contributed by atoms with Crippen molar-refractivity contribution in [3.63, 3.8) is 0 Å². The number of H-pyrrole nitrogens is 1. The van der Waals surface area contributed by atoms with Gasteiger partial charge in [-0.05, 0) is 23.3 Å². The van der Waals surface area contributed by atoms with Gasteiger partial charge >= 0.3 is 5.97 Å². The van der Waals surface area contributed by atoms with Crippen LogP contribution in [0, 0.1) is 0 Å². The number of hydrogen-bond donors (Lipinski definition) is 2. The summed E-state index contributed by atoms with van der Waals surface area (Å²) in [5.74, 6) is -1.03. The second-order valence-corrected chi connectivity index (χ2v) is 4.86. The predicted octanol–water partition coefficient (Wildman–Crippen LogP) is 3.41. The molecule has 2 N–H and O–H groups in total. The van der Waals surface area contributed by atoms with Crippen LogP contribution in [0.4, 0.5) is 0 Å². The van der Waals surface area contributed by atoms with E-state index in [-0.39, 0.29) is 11.1 Å². The Bertz CT molecular complexity index is 882. The standard InChI is InChI=1S/C18H13NO3/c20-17-11-13(12-6-2-1-3-7-12)10-16(19-17)14-8-4-5-9-15(14)18(21)22/h1-11H,(H,19,20)(H,21,22). The minimum absolute atomic E-state index is 0.156.